The number of carbonyl (C=O) groups excluding carboxylic acids is 1. The number of ether oxygens (including phenoxy) is 1. The number of hydrogen-bond donors (Lipinski definition) is 0. The average molecular weight is 385 g/mol. The van der Waals surface area contributed by atoms with Crippen LogP contribution in [0.25, 0.3) is 0 Å². The molecule has 4 heteroatoms. The van der Waals surface area contributed by atoms with Gasteiger partial charge in [0.2, 0.25) is 0 Å². The van der Waals surface area contributed by atoms with Crippen LogP contribution < -0.4 is 4.74 Å². The van der Waals surface area contributed by atoms with E-state index in [4.69, 9.17) is 4.74 Å². The van der Waals surface area contributed by atoms with Gasteiger partial charge in [0.15, 0.2) is 6.61 Å². The first-order valence-corrected chi connectivity index (χ1v) is 8.42. The van der Waals surface area contributed by atoms with Gasteiger partial charge in [0.1, 0.15) is 5.75 Å². The minimum Gasteiger partial charge on any atom is -0.484 e. The van der Waals surface area contributed by atoms with Crippen LogP contribution in [0.3, 0.4) is 0 Å². The lowest BCUT2D eigenvalue weighted by atomic mass is 10.1. The summed E-state index contributed by atoms with van der Waals surface area (Å²) in [5.41, 5.74) is 0. The molecule has 1 aromatic carbocycles. The minimum atomic E-state index is 0.144. The lowest BCUT2D eigenvalue weighted by molar-refractivity contribution is -0.136. The lowest BCUT2D eigenvalue weighted by Gasteiger charge is -2.29. The summed E-state index contributed by atoms with van der Waals surface area (Å²) in [4.78, 5) is 14.5. The van der Waals surface area contributed by atoms with Gasteiger partial charge in [-0.3, -0.25) is 4.79 Å². The SMILES string of the molecule is CC(C1CC1)N(C(=O)COc1cccc(I)c1)C1CC1. The molecule has 2 saturated carbocycles. The van der Waals surface area contributed by atoms with Gasteiger partial charge < -0.3 is 9.64 Å². The van der Waals surface area contributed by atoms with Gasteiger partial charge in [-0.15, -0.1) is 0 Å². The molecule has 3 rings (SSSR count). The topological polar surface area (TPSA) is 29.5 Å². The molecule has 0 heterocycles. The van der Waals surface area contributed by atoms with E-state index in [-0.39, 0.29) is 12.5 Å². The van der Waals surface area contributed by atoms with Crippen molar-refractivity contribution >= 4 is 28.5 Å². The van der Waals surface area contributed by atoms with Crippen LogP contribution in [0, 0.1) is 9.49 Å². The molecule has 0 radical (unpaired) electrons. The van der Waals surface area contributed by atoms with Gasteiger partial charge in [0, 0.05) is 15.7 Å². The second kappa shape index (κ2) is 5.92. The van der Waals surface area contributed by atoms with E-state index in [0.717, 1.165) is 28.1 Å². The van der Waals surface area contributed by atoms with Gasteiger partial charge in [-0.2, -0.15) is 0 Å². The normalized spacial score (nSPS) is 19.5. The fourth-order valence-corrected chi connectivity index (χ4v) is 3.21. The predicted molar refractivity (Wildman–Crippen MR) is 86.7 cm³/mol. The molecule has 20 heavy (non-hydrogen) atoms. The highest BCUT2D eigenvalue weighted by molar-refractivity contribution is 14.1. The van der Waals surface area contributed by atoms with Crippen LogP contribution in [0.1, 0.15) is 32.6 Å². The van der Waals surface area contributed by atoms with Gasteiger partial charge in [-0.1, -0.05) is 6.07 Å². The van der Waals surface area contributed by atoms with Crippen molar-refractivity contribution in [3.8, 4) is 5.75 Å². The minimum absolute atomic E-state index is 0.144. The number of hydrogen-bond acceptors (Lipinski definition) is 2. The number of amides is 1. The molecule has 0 bridgehead atoms. The molecule has 108 valence electrons. The van der Waals surface area contributed by atoms with Crippen LogP contribution in [0.5, 0.6) is 5.75 Å². The Kier molecular flexibility index (Phi) is 4.19. The zero-order valence-electron chi connectivity index (χ0n) is 11.7. The third kappa shape index (κ3) is 3.45. The van der Waals surface area contributed by atoms with E-state index in [1.54, 1.807) is 0 Å². The van der Waals surface area contributed by atoms with Crippen molar-refractivity contribution in [2.24, 2.45) is 5.92 Å². The highest BCUT2D eigenvalue weighted by atomic mass is 127. The zero-order chi connectivity index (χ0) is 14.1. The fourth-order valence-electron chi connectivity index (χ4n) is 2.70. The van der Waals surface area contributed by atoms with E-state index in [2.05, 4.69) is 34.4 Å². The van der Waals surface area contributed by atoms with Crippen molar-refractivity contribution in [2.75, 3.05) is 6.61 Å². The Balaban J connectivity index is 1.59. The maximum absolute atomic E-state index is 12.5. The molecule has 1 amide bonds. The summed E-state index contributed by atoms with van der Waals surface area (Å²) in [7, 11) is 0. The Hall–Kier alpha value is -0.780. The molecule has 1 unspecified atom stereocenters. The Morgan fingerprint density at radius 1 is 1.40 bits per heavy atom. The smallest absolute Gasteiger partial charge is 0.261 e. The number of benzene rings is 1. The highest BCUT2D eigenvalue weighted by Crippen LogP contribution is 2.39. The van der Waals surface area contributed by atoms with Crippen molar-refractivity contribution in [3.63, 3.8) is 0 Å². The van der Waals surface area contributed by atoms with Crippen molar-refractivity contribution < 1.29 is 9.53 Å². The first-order chi connectivity index (χ1) is 9.65. The van der Waals surface area contributed by atoms with Crippen molar-refractivity contribution in [1.29, 1.82) is 0 Å². The maximum Gasteiger partial charge on any atom is 0.261 e. The number of nitrogens with zero attached hydrogens (tertiary/aromatic N) is 1. The summed E-state index contributed by atoms with van der Waals surface area (Å²) in [6.45, 7) is 2.35. The van der Waals surface area contributed by atoms with Crippen LogP contribution >= 0.6 is 22.6 Å². The summed E-state index contributed by atoms with van der Waals surface area (Å²) in [5.74, 6) is 1.64. The standard InChI is InChI=1S/C16H20INO2/c1-11(12-5-6-12)18(14-7-8-14)16(19)10-20-15-4-2-3-13(17)9-15/h2-4,9,11-12,14H,5-8,10H2,1H3. The van der Waals surface area contributed by atoms with Gasteiger partial charge >= 0.3 is 0 Å². The van der Waals surface area contributed by atoms with E-state index in [1.165, 1.54) is 12.8 Å². The van der Waals surface area contributed by atoms with Crippen LogP contribution in [-0.2, 0) is 4.79 Å². The molecule has 1 aromatic rings. The number of rotatable bonds is 6. The number of carbonyl (C=O) groups is 1. The Morgan fingerprint density at radius 2 is 2.15 bits per heavy atom. The quantitative estimate of drug-likeness (QED) is 0.702. The Morgan fingerprint density at radius 3 is 2.75 bits per heavy atom. The first-order valence-electron chi connectivity index (χ1n) is 7.34. The molecule has 1 atom stereocenters. The van der Waals surface area contributed by atoms with E-state index < -0.39 is 0 Å². The van der Waals surface area contributed by atoms with Gasteiger partial charge in [-0.25, -0.2) is 0 Å². The monoisotopic (exact) mass is 385 g/mol. The molecule has 0 saturated heterocycles. The third-order valence-electron chi connectivity index (χ3n) is 4.13. The fraction of sp³-hybridized carbons (Fsp3) is 0.562. The maximum atomic E-state index is 12.5. The second-order valence-electron chi connectivity index (χ2n) is 5.86. The van der Waals surface area contributed by atoms with Crippen LogP contribution in [-0.4, -0.2) is 29.5 Å². The highest BCUT2D eigenvalue weighted by Gasteiger charge is 2.41. The van der Waals surface area contributed by atoms with Gasteiger partial charge in [-0.05, 0) is 79.3 Å². The average Bonchev–Trinajstić information content (AvgIpc) is 3.28. The van der Waals surface area contributed by atoms with Gasteiger partial charge in [0.25, 0.3) is 5.91 Å². The van der Waals surface area contributed by atoms with Crippen LogP contribution in [0.4, 0.5) is 0 Å². The van der Waals surface area contributed by atoms with Crippen molar-refractivity contribution in [1.82, 2.24) is 4.90 Å². The van der Waals surface area contributed by atoms with Crippen molar-refractivity contribution in [3.05, 3.63) is 27.8 Å². The lowest BCUT2D eigenvalue weighted by Crippen LogP contribution is -2.44. The summed E-state index contributed by atoms with van der Waals surface area (Å²) in [6, 6.07) is 8.68. The summed E-state index contributed by atoms with van der Waals surface area (Å²) in [6.07, 6.45) is 4.86. The van der Waals surface area contributed by atoms with Gasteiger partial charge in [0.05, 0.1) is 0 Å². The molecule has 0 spiro atoms. The van der Waals surface area contributed by atoms with Crippen LogP contribution in [0.2, 0.25) is 0 Å². The third-order valence-corrected chi connectivity index (χ3v) is 4.80. The second-order valence-corrected chi connectivity index (χ2v) is 7.10. The van der Waals surface area contributed by atoms with E-state index in [0.29, 0.717) is 12.1 Å². The molecular formula is C16H20INO2. The van der Waals surface area contributed by atoms with E-state index in [9.17, 15) is 4.79 Å². The van der Waals surface area contributed by atoms with E-state index in [1.807, 2.05) is 24.3 Å². The molecule has 0 aliphatic heterocycles. The van der Waals surface area contributed by atoms with E-state index >= 15 is 0 Å². The molecule has 3 nitrogen and oxygen atoms in total. The molecule has 2 aliphatic carbocycles. The van der Waals surface area contributed by atoms with Crippen molar-refractivity contribution in [2.45, 2.75) is 44.7 Å². The first kappa shape index (κ1) is 14.2. The summed E-state index contributed by atoms with van der Waals surface area (Å²) < 4.78 is 6.78. The summed E-state index contributed by atoms with van der Waals surface area (Å²) >= 11 is 2.25. The molecule has 2 fully saturated rings. The van der Waals surface area contributed by atoms with Crippen LogP contribution in [0.15, 0.2) is 24.3 Å². The zero-order valence-corrected chi connectivity index (χ0v) is 13.9. The number of halogens is 1. The molecule has 2 aliphatic rings. The summed E-state index contributed by atoms with van der Waals surface area (Å²) in [5, 5.41) is 0. The molecule has 0 aromatic heterocycles. The largest absolute Gasteiger partial charge is 0.484 e. The molecule has 0 N–H and O–H groups in total. The Bertz CT molecular complexity index is 497. The molecular weight excluding hydrogens is 365 g/mol. The Labute approximate surface area is 133 Å². The predicted octanol–water partition coefficient (Wildman–Crippen LogP) is 3.46.